The third-order valence-corrected chi connectivity index (χ3v) is 9.54. The van der Waals surface area contributed by atoms with Crippen molar-refractivity contribution in [1.82, 2.24) is 9.88 Å². The average molecular weight is 678 g/mol. The molecule has 2 saturated heterocycles. The molecule has 1 aliphatic carbocycles. The summed E-state index contributed by atoms with van der Waals surface area (Å²) in [6, 6.07) is 7.22. The first-order valence-electron chi connectivity index (χ1n) is 15.5. The Morgan fingerprint density at radius 3 is 2.21 bits per heavy atom. The molecule has 3 fully saturated rings. The first kappa shape index (κ1) is 33.4. The number of rotatable bonds is 7. The van der Waals surface area contributed by atoms with Crippen LogP contribution in [0.3, 0.4) is 0 Å². The van der Waals surface area contributed by atoms with E-state index < -0.39 is 47.3 Å². The Morgan fingerprint density at radius 1 is 1.00 bits per heavy atom. The number of pyridine rings is 1. The van der Waals surface area contributed by atoms with Crippen LogP contribution < -0.4 is 4.90 Å². The van der Waals surface area contributed by atoms with E-state index in [9.17, 15) is 41.0 Å². The number of methoxy groups -OCH3 is 1. The molecular weight excluding hydrogens is 644 g/mol. The van der Waals surface area contributed by atoms with Gasteiger partial charge < -0.3 is 19.5 Å². The Morgan fingerprint density at radius 2 is 1.65 bits per heavy atom. The number of hydrogen-bond donors (Lipinski definition) is 1. The van der Waals surface area contributed by atoms with Crippen LogP contribution in [0, 0.1) is 12.8 Å². The molecule has 0 spiro atoms. The van der Waals surface area contributed by atoms with Gasteiger partial charge in [0.25, 0.3) is 0 Å². The van der Waals surface area contributed by atoms with E-state index in [1.165, 1.54) is 18.9 Å². The zero-order valence-corrected chi connectivity index (χ0v) is 26.3. The van der Waals surface area contributed by atoms with Crippen molar-refractivity contribution < 1.29 is 50.5 Å². The Bertz CT molecular complexity index is 1720. The summed E-state index contributed by atoms with van der Waals surface area (Å²) in [5.41, 5.74) is -0.478. The third-order valence-electron chi connectivity index (χ3n) is 9.54. The second-order valence-corrected chi connectivity index (χ2v) is 12.6. The average Bonchev–Trinajstić information content (AvgIpc) is 3.23. The zero-order valence-electron chi connectivity index (χ0n) is 26.3. The second kappa shape index (κ2) is 12.2. The van der Waals surface area contributed by atoms with Crippen molar-refractivity contribution in [3.63, 3.8) is 0 Å². The lowest BCUT2D eigenvalue weighted by molar-refractivity contribution is -0.149. The van der Waals surface area contributed by atoms with Gasteiger partial charge in [-0.3, -0.25) is 9.69 Å². The molecule has 2 aromatic carbocycles. The van der Waals surface area contributed by atoms with Gasteiger partial charge in [0, 0.05) is 24.2 Å². The van der Waals surface area contributed by atoms with Gasteiger partial charge in [-0.15, -0.1) is 0 Å². The van der Waals surface area contributed by atoms with E-state index in [-0.39, 0.29) is 36.2 Å². The van der Waals surface area contributed by atoms with Crippen molar-refractivity contribution in [3.05, 3.63) is 76.0 Å². The molecule has 48 heavy (non-hydrogen) atoms. The number of esters is 1. The number of anilines is 1. The maximum absolute atomic E-state index is 13.6. The fourth-order valence-electron chi connectivity index (χ4n) is 6.63. The van der Waals surface area contributed by atoms with Gasteiger partial charge in [0.1, 0.15) is 17.7 Å². The Balaban J connectivity index is 1.36. The maximum Gasteiger partial charge on any atom is 0.416 e. The number of phenols is 1. The molecule has 14 heteroatoms. The number of nitrogens with zero attached hydrogens (tertiary/aromatic N) is 3. The maximum atomic E-state index is 13.6. The molecule has 3 aliphatic rings. The lowest BCUT2D eigenvalue weighted by Crippen LogP contribution is -2.38. The van der Waals surface area contributed by atoms with Crippen molar-refractivity contribution in [3.8, 4) is 16.9 Å². The van der Waals surface area contributed by atoms with Crippen LogP contribution in [0.25, 0.3) is 11.1 Å². The number of phenolic OH excluding ortho intramolecular Hbond substituents is 1. The van der Waals surface area contributed by atoms with Gasteiger partial charge in [0.2, 0.25) is 0 Å². The summed E-state index contributed by atoms with van der Waals surface area (Å²) in [7, 11) is 1.34. The molecule has 3 aromatic rings. The number of aromatic nitrogens is 1. The van der Waals surface area contributed by atoms with Crippen LogP contribution in [-0.2, 0) is 33.2 Å². The van der Waals surface area contributed by atoms with Crippen LogP contribution >= 0.6 is 0 Å². The smallest absolute Gasteiger partial charge is 0.416 e. The van der Waals surface area contributed by atoms with Crippen LogP contribution in [-0.4, -0.2) is 53.3 Å². The van der Waals surface area contributed by atoms with Crippen LogP contribution in [0.15, 0.2) is 42.5 Å². The summed E-state index contributed by atoms with van der Waals surface area (Å²) in [4.78, 5) is 33.3. The first-order valence-corrected chi connectivity index (χ1v) is 15.5. The van der Waals surface area contributed by atoms with Crippen molar-refractivity contribution in [2.75, 3.05) is 25.1 Å². The number of cyclic esters (lactones) is 1. The number of benzene rings is 2. The van der Waals surface area contributed by atoms with Crippen LogP contribution in [0.1, 0.15) is 71.7 Å². The Labute approximate surface area is 272 Å². The molecule has 2 aliphatic heterocycles. The van der Waals surface area contributed by atoms with E-state index in [0.717, 1.165) is 30.6 Å². The second-order valence-electron chi connectivity index (χ2n) is 12.6. The van der Waals surface area contributed by atoms with Crippen LogP contribution in [0.5, 0.6) is 5.75 Å². The zero-order chi connectivity index (χ0) is 34.7. The van der Waals surface area contributed by atoms with E-state index in [1.807, 2.05) is 24.0 Å². The number of alkyl halides is 6. The minimum Gasteiger partial charge on any atom is -0.507 e. The summed E-state index contributed by atoms with van der Waals surface area (Å²) in [6.07, 6.45) is -10.4. The summed E-state index contributed by atoms with van der Waals surface area (Å²) < 4.78 is 91.9. The highest BCUT2D eigenvalue weighted by Gasteiger charge is 2.44. The molecule has 0 unspecified atom stereocenters. The van der Waals surface area contributed by atoms with Crippen LogP contribution in [0.2, 0.25) is 0 Å². The predicted octanol–water partition coefficient (Wildman–Crippen LogP) is 7.76. The van der Waals surface area contributed by atoms with Crippen molar-refractivity contribution in [2.24, 2.45) is 5.92 Å². The summed E-state index contributed by atoms with van der Waals surface area (Å²) in [5, 5.41) is 11.1. The summed E-state index contributed by atoms with van der Waals surface area (Å²) in [6.45, 7) is 4.65. The molecule has 1 N–H and O–H groups in total. The number of ether oxygens (including phenoxy) is 2. The largest absolute Gasteiger partial charge is 0.507 e. The van der Waals surface area contributed by atoms with Crippen molar-refractivity contribution in [1.29, 1.82) is 0 Å². The number of aromatic hydroxyl groups is 1. The van der Waals surface area contributed by atoms with Gasteiger partial charge in [-0.25, -0.2) is 9.78 Å². The van der Waals surface area contributed by atoms with Gasteiger partial charge in [-0.1, -0.05) is 6.07 Å². The van der Waals surface area contributed by atoms with Gasteiger partial charge in [0.05, 0.1) is 42.4 Å². The highest BCUT2D eigenvalue weighted by atomic mass is 19.4. The fraction of sp³-hybridized carbons (Fsp3) is 0.441. The summed E-state index contributed by atoms with van der Waals surface area (Å²) in [5.74, 6) is 0.140. The van der Waals surface area contributed by atoms with E-state index in [1.54, 1.807) is 12.1 Å². The predicted molar refractivity (Wildman–Crippen MR) is 161 cm³/mol. The number of carbonyl (C=O) groups is 2. The summed E-state index contributed by atoms with van der Waals surface area (Å²) >= 11 is 0. The van der Waals surface area contributed by atoms with E-state index in [2.05, 4.69) is 0 Å². The molecule has 3 heterocycles. The lowest BCUT2D eigenvalue weighted by atomic mass is 9.71. The SMILES string of the molecule is COC(=O)C1CC(c2ccc(O)c(-c3c(C)cc(N4CCC4)nc3CN3C(=O)O[C@H](c4cc(C(F)(F)F)cc(C(F)(F)F)c4)[C@@H]3C)c2)C1. The number of amides is 1. The topological polar surface area (TPSA) is 92.2 Å². The standard InChI is InChI=1S/C34H33F6N3O5/c1-17-9-28(42-7-4-8-42)41-26(29(17)25-14-19(5-6-27(25)44)20-10-22(11-20)31(45)47-3)16-43-18(2)30(48-32(43)46)21-12-23(33(35,36)37)15-24(13-21)34(38,39)40/h5-6,9,12-15,18,20,22,30,44H,4,7-8,10-11,16H2,1-3H3/t18-,20?,22?,30-/m0/s1. The molecule has 0 radical (unpaired) electrons. The highest BCUT2D eigenvalue weighted by Crippen LogP contribution is 2.46. The molecule has 1 amide bonds. The molecule has 0 bridgehead atoms. The van der Waals surface area contributed by atoms with E-state index in [0.29, 0.717) is 47.6 Å². The monoisotopic (exact) mass is 677 g/mol. The normalized spacial score (nSPS) is 22.6. The highest BCUT2D eigenvalue weighted by molar-refractivity contribution is 5.79. The van der Waals surface area contributed by atoms with Crippen LogP contribution in [0.4, 0.5) is 37.0 Å². The Kier molecular flexibility index (Phi) is 8.49. The molecular formula is C34H33F6N3O5. The molecule has 8 nitrogen and oxygen atoms in total. The lowest BCUT2D eigenvalue weighted by Gasteiger charge is -2.34. The minimum absolute atomic E-state index is 0.0305. The number of hydrogen-bond acceptors (Lipinski definition) is 7. The fourth-order valence-corrected chi connectivity index (χ4v) is 6.63. The first-order chi connectivity index (χ1) is 22.5. The number of halogens is 6. The molecule has 1 aromatic heterocycles. The van der Waals surface area contributed by atoms with Gasteiger partial charge in [-0.05, 0) is 92.1 Å². The molecule has 2 atom stereocenters. The van der Waals surface area contributed by atoms with E-state index in [4.69, 9.17) is 14.5 Å². The minimum atomic E-state index is -5.06. The van der Waals surface area contributed by atoms with Crippen molar-refractivity contribution in [2.45, 2.75) is 70.1 Å². The molecule has 256 valence electrons. The third kappa shape index (κ3) is 6.24. The van der Waals surface area contributed by atoms with Crippen molar-refractivity contribution >= 4 is 17.9 Å². The quantitative estimate of drug-likeness (QED) is 0.202. The Hall–Kier alpha value is -4.49. The number of aryl methyl sites for hydroxylation is 1. The number of carbonyl (C=O) groups excluding carboxylic acids is 2. The molecule has 6 rings (SSSR count). The van der Waals surface area contributed by atoms with Gasteiger partial charge in [-0.2, -0.15) is 26.3 Å². The van der Waals surface area contributed by atoms with Gasteiger partial charge >= 0.3 is 24.4 Å². The molecule has 1 saturated carbocycles. The van der Waals surface area contributed by atoms with Gasteiger partial charge in [0.15, 0.2) is 0 Å². The van der Waals surface area contributed by atoms with E-state index >= 15 is 0 Å².